The Labute approximate surface area is 126 Å². The summed E-state index contributed by atoms with van der Waals surface area (Å²) in [6.07, 6.45) is 2.27. The second-order valence-electron chi connectivity index (χ2n) is 4.77. The summed E-state index contributed by atoms with van der Waals surface area (Å²) in [6, 6.07) is 14.7. The molecule has 3 rings (SSSR count). The van der Waals surface area contributed by atoms with Gasteiger partial charge in [0.2, 0.25) is 0 Å². The summed E-state index contributed by atoms with van der Waals surface area (Å²) in [6.45, 7) is 0. The fourth-order valence-corrected chi connectivity index (χ4v) is 2.59. The zero-order valence-corrected chi connectivity index (χ0v) is 11.8. The molecule has 0 radical (unpaired) electrons. The van der Waals surface area contributed by atoms with Gasteiger partial charge in [0.25, 0.3) is 0 Å². The van der Waals surface area contributed by atoms with E-state index in [0.29, 0.717) is 11.4 Å². The predicted molar refractivity (Wildman–Crippen MR) is 83.0 cm³/mol. The third-order valence-electron chi connectivity index (χ3n) is 3.42. The summed E-state index contributed by atoms with van der Waals surface area (Å²) in [5.41, 5.74) is 2.93. The number of fused-ring (bicyclic) bond motifs is 1. The van der Waals surface area contributed by atoms with E-state index < -0.39 is 5.97 Å². The summed E-state index contributed by atoms with van der Waals surface area (Å²) < 4.78 is 0. The van der Waals surface area contributed by atoms with Crippen molar-refractivity contribution in [3.05, 3.63) is 76.4 Å². The summed E-state index contributed by atoms with van der Waals surface area (Å²) in [5, 5.41) is 10.8. The molecule has 3 nitrogen and oxygen atoms in total. The van der Waals surface area contributed by atoms with Crippen molar-refractivity contribution in [3.8, 4) is 0 Å². The Morgan fingerprint density at radius 2 is 1.90 bits per heavy atom. The highest BCUT2D eigenvalue weighted by Gasteiger charge is 2.12. The predicted octanol–water partition coefficient (Wildman–Crippen LogP) is 4.18. The summed E-state index contributed by atoms with van der Waals surface area (Å²) in [7, 11) is 0. The summed E-state index contributed by atoms with van der Waals surface area (Å²) >= 11 is 5.89. The molecule has 0 saturated heterocycles. The van der Waals surface area contributed by atoms with Crippen LogP contribution in [-0.4, -0.2) is 16.1 Å². The van der Waals surface area contributed by atoms with Crippen molar-refractivity contribution in [2.45, 2.75) is 6.42 Å². The van der Waals surface area contributed by atoms with Crippen molar-refractivity contribution in [2.75, 3.05) is 0 Å². The molecule has 0 bridgehead atoms. The number of carboxylic acids is 1. The van der Waals surface area contributed by atoms with Crippen molar-refractivity contribution in [3.63, 3.8) is 0 Å². The molecule has 2 aromatic carbocycles. The molecule has 0 aliphatic carbocycles. The molecule has 0 atom stereocenters. The number of nitrogens with zero attached hydrogens (tertiary/aromatic N) is 1. The van der Waals surface area contributed by atoms with Crippen LogP contribution in [-0.2, 0) is 6.42 Å². The number of hydrogen-bond acceptors (Lipinski definition) is 2. The van der Waals surface area contributed by atoms with Gasteiger partial charge in [-0.15, -0.1) is 0 Å². The highest BCUT2D eigenvalue weighted by molar-refractivity contribution is 6.31. The third kappa shape index (κ3) is 2.73. The smallest absolute Gasteiger partial charge is 0.336 e. The molecule has 1 aromatic heterocycles. The Morgan fingerprint density at radius 3 is 2.71 bits per heavy atom. The molecule has 0 amide bonds. The van der Waals surface area contributed by atoms with Gasteiger partial charge in [-0.05, 0) is 41.8 Å². The molecule has 0 fully saturated rings. The number of carbonyl (C=O) groups is 1. The van der Waals surface area contributed by atoms with Gasteiger partial charge in [0.15, 0.2) is 0 Å². The number of para-hydroxylation sites is 1. The Hall–Kier alpha value is -2.39. The largest absolute Gasteiger partial charge is 0.478 e. The molecular formula is C17H12ClNO2. The van der Waals surface area contributed by atoms with Crippen LogP contribution in [0.25, 0.3) is 10.9 Å². The molecule has 0 unspecified atom stereocenters. The highest BCUT2D eigenvalue weighted by Crippen LogP contribution is 2.23. The lowest BCUT2D eigenvalue weighted by molar-refractivity contribution is 0.0696. The van der Waals surface area contributed by atoms with Crippen LogP contribution in [0.4, 0.5) is 0 Å². The number of hydrogen-bond donors (Lipinski definition) is 1. The lowest BCUT2D eigenvalue weighted by Gasteiger charge is -2.09. The van der Waals surface area contributed by atoms with Crippen molar-refractivity contribution in [2.24, 2.45) is 0 Å². The lowest BCUT2D eigenvalue weighted by atomic mass is 9.97. The van der Waals surface area contributed by atoms with Crippen molar-refractivity contribution in [1.29, 1.82) is 0 Å². The van der Waals surface area contributed by atoms with Crippen LogP contribution < -0.4 is 0 Å². The van der Waals surface area contributed by atoms with Crippen LogP contribution in [0, 0.1) is 0 Å². The average Bonchev–Trinajstić information content (AvgIpc) is 2.49. The molecule has 21 heavy (non-hydrogen) atoms. The highest BCUT2D eigenvalue weighted by atomic mass is 35.5. The van der Waals surface area contributed by atoms with E-state index in [1.165, 1.54) is 6.07 Å². The van der Waals surface area contributed by atoms with E-state index in [9.17, 15) is 9.90 Å². The van der Waals surface area contributed by atoms with Crippen LogP contribution in [0.1, 0.15) is 21.5 Å². The van der Waals surface area contributed by atoms with Crippen molar-refractivity contribution >= 4 is 28.5 Å². The van der Waals surface area contributed by atoms with Gasteiger partial charge in [0.1, 0.15) is 0 Å². The zero-order chi connectivity index (χ0) is 14.8. The quantitative estimate of drug-likeness (QED) is 0.789. The van der Waals surface area contributed by atoms with E-state index in [1.807, 2.05) is 30.3 Å². The van der Waals surface area contributed by atoms with E-state index in [-0.39, 0.29) is 5.56 Å². The van der Waals surface area contributed by atoms with Gasteiger partial charge in [-0.25, -0.2) is 4.79 Å². The fraction of sp³-hybridized carbons (Fsp3) is 0.0588. The normalized spacial score (nSPS) is 10.7. The molecule has 3 aromatic rings. The molecular weight excluding hydrogens is 286 g/mol. The number of rotatable bonds is 3. The maximum atomic E-state index is 11.4. The third-order valence-corrected chi connectivity index (χ3v) is 3.66. The van der Waals surface area contributed by atoms with E-state index in [4.69, 9.17) is 11.6 Å². The second-order valence-corrected chi connectivity index (χ2v) is 5.21. The van der Waals surface area contributed by atoms with Crippen LogP contribution in [0.3, 0.4) is 0 Å². The van der Waals surface area contributed by atoms with Gasteiger partial charge in [-0.2, -0.15) is 0 Å². The maximum Gasteiger partial charge on any atom is 0.336 e. The summed E-state index contributed by atoms with van der Waals surface area (Å²) in [5.74, 6) is -0.967. The molecule has 0 spiro atoms. The molecule has 1 heterocycles. The molecule has 1 N–H and O–H groups in total. The maximum absolute atomic E-state index is 11.4. The van der Waals surface area contributed by atoms with Gasteiger partial charge < -0.3 is 5.11 Å². The Balaban J connectivity index is 2.09. The Bertz CT molecular complexity index is 825. The van der Waals surface area contributed by atoms with Gasteiger partial charge in [0.05, 0.1) is 11.1 Å². The number of halogens is 1. The number of pyridine rings is 1. The summed E-state index contributed by atoms with van der Waals surface area (Å²) in [4.78, 5) is 15.7. The SMILES string of the molecule is O=C(O)c1cc(Cl)ccc1Cc1ccnc2ccccc12. The minimum Gasteiger partial charge on any atom is -0.478 e. The van der Waals surface area contributed by atoms with Gasteiger partial charge >= 0.3 is 5.97 Å². The van der Waals surface area contributed by atoms with Crippen LogP contribution in [0.15, 0.2) is 54.7 Å². The molecule has 0 aliphatic rings. The van der Waals surface area contributed by atoms with Crippen molar-refractivity contribution < 1.29 is 9.90 Å². The van der Waals surface area contributed by atoms with Gasteiger partial charge in [0, 0.05) is 16.6 Å². The minimum atomic E-state index is -0.967. The van der Waals surface area contributed by atoms with Gasteiger partial charge in [-0.1, -0.05) is 35.9 Å². The van der Waals surface area contributed by atoms with E-state index in [0.717, 1.165) is 22.0 Å². The number of aromatic nitrogens is 1. The van der Waals surface area contributed by atoms with Crippen LogP contribution in [0.2, 0.25) is 5.02 Å². The fourth-order valence-electron chi connectivity index (χ4n) is 2.42. The second kappa shape index (κ2) is 5.54. The van der Waals surface area contributed by atoms with Crippen LogP contribution in [0.5, 0.6) is 0 Å². The van der Waals surface area contributed by atoms with Crippen LogP contribution >= 0.6 is 11.6 Å². The van der Waals surface area contributed by atoms with Crippen molar-refractivity contribution in [1.82, 2.24) is 4.98 Å². The minimum absolute atomic E-state index is 0.239. The topological polar surface area (TPSA) is 50.2 Å². The zero-order valence-electron chi connectivity index (χ0n) is 11.1. The number of carboxylic acid groups (broad SMARTS) is 1. The lowest BCUT2D eigenvalue weighted by Crippen LogP contribution is -2.03. The van der Waals surface area contributed by atoms with Gasteiger partial charge in [-0.3, -0.25) is 4.98 Å². The van der Waals surface area contributed by atoms with E-state index in [1.54, 1.807) is 18.3 Å². The number of benzene rings is 2. The Kier molecular flexibility index (Phi) is 3.59. The molecule has 0 saturated carbocycles. The van der Waals surface area contributed by atoms with E-state index in [2.05, 4.69) is 4.98 Å². The first-order valence-electron chi connectivity index (χ1n) is 6.49. The Morgan fingerprint density at radius 1 is 1.10 bits per heavy atom. The molecule has 0 aliphatic heterocycles. The first-order valence-corrected chi connectivity index (χ1v) is 6.87. The molecule has 4 heteroatoms. The average molecular weight is 298 g/mol. The first kappa shape index (κ1) is 13.6. The standard InChI is InChI=1S/C17H12ClNO2/c18-13-6-5-11(15(10-13)17(20)21)9-12-7-8-19-16-4-2-1-3-14(12)16/h1-8,10H,9H2,(H,20,21). The molecule has 104 valence electrons. The number of aromatic carboxylic acids is 1. The van der Waals surface area contributed by atoms with E-state index >= 15 is 0 Å². The first-order chi connectivity index (χ1) is 10.1. The monoisotopic (exact) mass is 297 g/mol.